The van der Waals surface area contributed by atoms with Crippen LogP contribution >= 0.6 is 15.9 Å². The number of Topliss-reactive ketones (excluding diaryl/α,β-unsaturated/α-hetero) is 1. The third-order valence-corrected chi connectivity index (χ3v) is 6.27. The molecule has 29 heavy (non-hydrogen) atoms. The molecule has 1 heterocycles. The smallest absolute Gasteiger partial charge is 0.411 e. The fraction of sp³-hybridized carbons (Fsp3) is 0.591. The second kappa shape index (κ2) is 7.42. The SMILES string of the molecule is CC(C)(C)OC(=O)N1C2C[C@@H]2C[C@H]1C(=O)OC1CCCc2cc(Br)ccc2C1=O. The van der Waals surface area contributed by atoms with E-state index >= 15 is 0 Å². The van der Waals surface area contributed by atoms with Crippen LogP contribution in [0.5, 0.6) is 0 Å². The molecule has 1 aliphatic heterocycles. The Morgan fingerprint density at radius 2 is 1.97 bits per heavy atom. The minimum Gasteiger partial charge on any atom is -0.452 e. The van der Waals surface area contributed by atoms with Gasteiger partial charge in [0.2, 0.25) is 5.78 Å². The average molecular weight is 464 g/mol. The minimum atomic E-state index is -0.803. The van der Waals surface area contributed by atoms with Crippen LogP contribution in [-0.2, 0) is 20.7 Å². The first kappa shape index (κ1) is 20.4. The number of fused-ring (bicyclic) bond motifs is 2. The maximum Gasteiger partial charge on any atom is 0.411 e. The molecule has 156 valence electrons. The summed E-state index contributed by atoms with van der Waals surface area (Å²) in [6.07, 6.45) is 2.21. The predicted molar refractivity (Wildman–Crippen MR) is 110 cm³/mol. The monoisotopic (exact) mass is 463 g/mol. The quantitative estimate of drug-likeness (QED) is 0.483. The number of rotatable bonds is 2. The van der Waals surface area contributed by atoms with Gasteiger partial charge in [0.1, 0.15) is 11.6 Å². The Morgan fingerprint density at radius 1 is 1.21 bits per heavy atom. The van der Waals surface area contributed by atoms with Gasteiger partial charge in [0.05, 0.1) is 0 Å². The summed E-state index contributed by atoms with van der Waals surface area (Å²) in [5, 5.41) is 0. The molecule has 3 aliphatic rings. The van der Waals surface area contributed by atoms with E-state index in [1.54, 1.807) is 26.8 Å². The van der Waals surface area contributed by atoms with Crippen LogP contribution in [0.3, 0.4) is 0 Å². The fourth-order valence-electron chi connectivity index (χ4n) is 4.37. The molecule has 1 amide bonds. The van der Waals surface area contributed by atoms with Crippen molar-refractivity contribution in [2.24, 2.45) is 5.92 Å². The molecule has 0 radical (unpaired) electrons. The number of halogens is 1. The average Bonchev–Trinajstić information content (AvgIpc) is 3.30. The van der Waals surface area contributed by atoms with Crippen LogP contribution in [0.2, 0.25) is 0 Å². The number of aryl methyl sites for hydroxylation is 1. The first-order valence-corrected chi connectivity index (χ1v) is 11.0. The van der Waals surface area contributed by atoms with Gasteiger partial charge in [0.25, 0.3) is 0 Å². The van der Waals surface area contributed by atoms with Crippen molar-refractivity contribution < 1.29 is 23.9 Å². The van der Waals surface area contributed by atoms with E-state index in [9.17, 15) is 14.4 Å². The van der Waals surface area contributed by atoms with Crippen molar-refractivity contribution >= 4 is 33.8 Å². The molecular formula is C22H26BrNO5. The van der Waals surface area contributed by atoms with Gasteiger partial charge in [-0.15, -0.1) is 0 Å². The van der Waals surface area contributed by atoms with Crippen molar-refractivity contribution in [3.8, 4) is 0 Å². The number of piperidine rings is 1. The van der Waals surface area contributed by atoms with Crippen LogP contribution in [0.25, 0.3) is 0 Å². The number of carbonyl (C=O) groups is 3. The summed E-state index contributed by atoms with van der Waals surface area (Å²) >= 11 is 3.44. The molecule has 1 saturated carbocycles. The molecule has 2 aliphatic carbocycles. The molecule has 1 aromatic carbocycles. The van der Waals surface area contributed by atoms with E-state index in [-0.39, 0.29) is 11.8 Å². The van der Waals surface area contributed by atoms with E-state index in [0.717, 1.165) is 29.3 Å². The van der Waals surface area contributed by atoms with Crippen LogP contribution in [0.1, 0.15) is 62.4 Å². The number of hydrogen-bond acceptors (Lipinski definition) is 5. The lowest BCUT2D eigenvalue weighted by Crippen LogP contribution is -2.47. The van der Waals surface area contributed by atoms with Gasteiger partial charge in [-0.05, 0) is 82.6 Å². The Bertz CT molecular complexity index is 861. The van der Waals surface area contributed by atoms with Crippen LogP contribution in [-0.4, -0.2) is 46.5 Å². The van der Waals surface area contributed by atoms with E-state index < -0.39 is 29.8 Å². The number of ether oxygens (including phenoxy) is 2. The molecule has 1 aromatic rings. The zero-order valence-electron chi connectivity index (χ0n) is 16.9. The number of amides is 1. The van der Waals surface area contributed by atoms with Crippen molar-refractivity contribution in [2.45, 2.75) is 76.7 Å². The number of hydrogen-bond donors (Lipinski definition) is 0. The number of benzene rings is 1. The molecule has 4 atom stereocenters. The first-order chi connectivity index (χ1) is 13.6. The molecule has 0 bridgehead atoms. The maximum atomic E-state index is 13.0. The van der Waals surface area contributed by atoms with Crippen molar-refractivity contribution in [1.29, 1.82) is 0 Å². The maximum absolute atomic E-state index is 13.0. The highest BCUT2D eigenvalue weighted by molar-refractivity contribution is 9.10. The van der Waals surface area contributed by atoms with Gasteiger partial charge in [0.15, 0.2) is 6.10 Å². The van der Waals surface area contributed by atoms with E-state index in [0.29, 0.717) is 24.3 Å². The van der Waals surface area contributed by atoms with Crippen molar-refractivity contribution in [3.63, 3.8) is 0 Å². The summed E-state index contributed by atoms with van der Waals surface area (Å²) in [5.74, 6) is -0.338. The Hall–Kier alpha value is -1.89. The lowest BCUT2D eigenvalue weighted by atomic mass is 10.0. The zero-order valence-corrected chi connectivity index (χ0v) is 18.5. The van der Waals surface area contributed by atoms with Crippen LogP contribution in [0, 0.1) is 5.92 Å². The lowest BCUT2D eigenvalue weighted by molar-refractivity contribution is -0.153. The molecule has 0 N–H and O–H groups in total. The van der Waals surface area contributed by atoms with E-state index in [4.69, 9.17) is 9.47 Å². The summed E-state index contributed by atoms with van der Waals surface area (Å²) in [6, 6.07) is 4.94. The third-order valence-electron chi connectivity index (χ3n) is 5.78. The standard InChI is InChI=1S/C22H26BrNO5/c1-22(2,3)29-21(27)24-16-10-13(16)11-17(24)20(26)28-18-6-4-5-12-9-14(23)7-8-15(12)19(18)25/h7-9,13,16-18H,4-6,10-11H2,1-3H3/t13-,16?,17+,18?/m1/s1. The highest BCUT2D eigenvalue weighted by Gasteiger charge is 2.58. The molecule has 6 nitrogen and oxygen atoms in total. The van der Waals surface area contributed by atoms with Gasteiger partial charge < -0.3 is 9.47 Å². The van der Waals surface area contributed by atoms with Crippen LogP contribution in [0.4, 0.5) is 4.79 Å². The summed E-state index contributed by atoms with van der Waals surface area (Å²) in [6.45, 7) is 5.41. The molecule has 1 saturated heterocycles. The van der Waals surface area contributed by atoms with Gasteiger partial charge in [0, 0.05) is 16.1 Å². The summed E-state index contributed by atoms with van der Waals surface area (Å²) in [7, 11) is 0. The largest absolute Gasteiger partial charge is 0.452 e. The second-order valence-electron chi connectivity index (χ2n) is 9.19. The highest BCUT2D eigenvalue weighted by Crippen LogP contribution is 2.48. The molecule has 0 aromatic heterocycles. The van der Waals surface area contributed by atoms with Gasteiger partial charge in [-0.3, -0.25) is 9.69 Å². The number of carbonyl (C=O) groups excluding carboxylic acids is 3. The number of esters is 1. The normalized spacial score (nSPS) is 28.3. The molecule has 7 heteroatoms. The van der Waals surface area contributed by atoms with Crippen molar-refractivity contribution in [3.05, 3.63) is 33.8 Å². The van der Waals surface area contributed by atoms with E-state index in [1.807, 2.05) is 12.1 Å². The van der Waals surface area contributed by atoms with Gasteiger partial charge in [-0.25, -0.2) is 9.59 Å². The minimum absolute atomic E-state index is 0.0466. The summed E-state index contributed by atoms with van der Waals surface area (Å²) in [4.78, 5) is 40.1. The highest BCUT2D eigenvalue weighted by atomic mass is 79.9. The Balaban J connectivity index is 1.48. The molecule has 2 unspecified atom stereocenters. The molecule has 2 fully saturated rings. The summed E-state index contributed by atoms with van der Waals surface area (Å²) < 4.78 is 12.1. The van der Waals surface area contributed by atoms with Crippen molar-refractivity contribution in [1.82, 2.24) is 4.90 Å². The van der Waals surface area contributed by atoms with Crippen molar-refractivity contribution in [2.75, 3.05) is 0 Å². The summed E-state index contributed by atoms with van der Waals surface area (Å²) in [5.41, 5.74) is 0.954. The first-order valence-electron chi connectivity index (χ1n) is 10.2. The number of ketones is 1. The number of likely N-dealkylation sites (tertiary alicyclic amines) is 1. The van der Waals surface area contributed by atoms with Crippen LogP contribution < -0.4 is 0 Å². The molecular weight excluding hydrogens is 438 g/mol. The fourth-order valence-corrected chi connectivity index (χ4v) is 4.78. The van der Waals surface area contributed by atoms with E-state index in [1.165, 1.54) is 4.90 Å². The van der Waals surface area contributed by atoms with E-state index in [2.05, 4.69) is 15.9 Å². The van der Waals surface area contributed by atoms with Gasteiger partial charge in [-0.1, -0.05) is 15.9 Å². The zero-order chi connectivity index (χ0) is 20.9. The lowest BCUT2D eigenvalue weighted by Gasteiger charge is -2.30. The topological polar surface area (TPSA) is 72.9 Å². The Morgan fingerprint density at radius 3 is 2.69 bits per heavy atom. The van der Waals surface area contributed by atoms with Crippen LogP contribution in [0.15, 0.2) is 22.7 Å². The Labute approximate surface area is 179 Å². The predicted octanol–water partition coefficient (Wildman–Crippen LogP) is 4.28. The number of nitrogens with zero attached hydrogens (tertiary/aromatic N) is 1. The Kier molecular flexibility index (Phi) is 5.21. The molecule has 4 rings (SSSR count). The third kappa shape index (κ3) is 4.20. The van der Waals surface area contributed by atoms with Gasteiger partial charge >= 0.3 is 12.1 Å². The second-order valence-corrected chi connectivity index (χ2v) is 10.1. The van der Waals surface area contributed by atoms with Gasteiger partial charge in [-0.2, -0.15) is 0 Å². The molecule has 0 spiro atoms.